The molecule has 5 nitrogen and oxygen atoms in total. The van der Waals surface area contributed by atoms with E-state index >= 15 is 0 Å². The van der Waals surface area contributed by atoms with Crippen molar-refractivity contribution in [3.8, 4) is 5.75 Å². The highest BCUT2D eigenvalue weighted by molar-refractivity contribution is 6.30. The van der Waals surface area contributed by atoms with E-state index in [1.165, 1.54) is 0 Å². The quantitative estimate of drug-likeness (QED) is 0.677. The number of halogens is 1. The van der Waals surface area contributed by atoms with E-state index < -0.39 is 0 Å². The van der Waals surface area contributed by atoms with E-state index in [0.717, 1.165) is 22.4 Å². The van der Waals surface area contributed by atoms with Crippen molar-refractivity contribution in [1.29, 1.82) is 0 Å². The van der Waals surface area contributed by atoms with Gasteiger partial charge in [-0.05, 0) is 42.3 Å². The second kappa shape index (κ2) is 8.27. The Hall–Kier alpha value is -2.79. The van der Waals surface area contributed by atoms with Crippen molar-refractivity contribution < 1.29 is 9.90 Å². The largest absolute Gasteiger partial charge is 0.508 e. The molecule has 0 radical (unpaired) electrons. The number of amides is 1. The van der Waals surface area contributed by atoms with Gasteiger partial charge in [-0.1, -0.05) is 35.9 Å². The number of phenols is 1. The predicted molar refractivity (Wildman–Crippen MR) is 106 cm³/mol. The van der Waals surface area contributed by atoms with Crippen molar-refractivity contribution in [3.63, 3.8) is 0 Å². The summed E-state index contributed by atoms with van der Waals surface area (Å²) >= 11 is 6.15. The lowest BCUT2D eigenvalue weighted by atomic mass is 9.88. The molecular weight excluding hydrogens is 362 g/mol. The van der Waals surface area contributed by atoms with Crippen molar-refractivity contribution in [3.05, 3.63) is 82.1 Å². The summed E-state index contributed by atoms with van der Waals surface area (Å²) in [5.41, 5.74) is 3.69. The van der Waals surface area contributed by atoms with E-state index in [1.54, 1.807) is 28.9 Å². The molecule has 0 aliphatic heterocycles. The molecule has 1 heterocycles. The lowest BCUT2D eigenvalue weighted by Crippen LogP contribution is -2.25. The van der Waals surface area contributed by atoms with Crippen LogP contribution >= 0.6 is 11.6 Å². The fraction of sp³-hybridized carbons (Fsp3) is 0.238. The maximum absolute atomic E-state index is 12.6. The SMILES string of the molecule is Cc1nn(C)cc1CNC(=O)CC(c1cccc(O)c1)c1cccc(Cl)c1. The van der Waals surface area contributed by atoms with Crippen molar-refractivity contribution >= 4 is 17.5 Å². The Kier molecular flexibility index (Phi) is 5.81. The summed E-state index contributed by atoms with van der Waals surface area (Å²) in [5, 5.41) is 17.7. The van der Waals surface area contributed by atoms with Gasteiger partial charge in [-0.2, -0.15) is 5.10 Å². The predicted octanol–water partition coefficient (Wildman–Crippen LogP) is 3.93. The Morgan fingerprint density at radius 2 is 1.93 bits per heavy atom. The van der Waals surface area contributed by atoms with Crippen LogP contribution in [0.3, 0.4) is 0 Å². The molecule has 0 fully saturated rings. The van der Waals surface area contributed by atoms with Gasteiger partial charge < -0.3 is 10.4 Å². The van der Waals surface area contributed by atoms with Gasteiger partial charge in [0.25, 0.3) is 0 Å². The van der Waals surface area contributed by atoms with E-state index in [0.29, 0.717) is 11.6 Å². The maximum atomic E-state index is 12.6. The highest BCUT2D eigenvalue weighted by Crippen LogP contribution is 2.31. The second-order valence-corrected chi connectivity index (χ2v) is 7.03. The number of aryl methyl sites for hydroxylation is 2. The van der Waals surface area contributed by atoms with Crippen LogP contribution in [0.5, 0.6) is 5.75 Å². The van der Waals surface area contributed by atoms with Gasteiger partial charge in [-0.25, -0.2) is 0 Å². The number of nitrogens with zero attached hydrogens (tertiary/aromatic N) is 2. The lowest BCUT2D eigenvalue weighted by molar-refractivity contribution is -0.121. The first-order valence-electron chi connectivity index (χ1n) is 8.72. The highest BCUT2D eigenvalue weighted by Gasteiger charge is 2.19. The molecule has 140 valence electrons. The first-order valence-corrected chi connectivity index (χ1v) is 9.10. The molecule has 3 aromatic rings. The van der Waals surface area contributed by atoms with Crippen LogP contribution < -0.4 is 5.32 Å². The number of hydrogen-bond donors (Lipinski definition) is 2. The molecule has 2 N–H and O–H groups in total. The van der Waals surface area contributed by atoms with Crippen LogP contribution in [0, 0.1) is 6.92 Å². The monoisotopic (exact) mass is 383 g/mol. The summed E-state index contributed by atoms with van der Waals surface area (Å²) in [7, 11) is 1.86. The summed E-state index contributed by atoms with van der Waals surface area (Å²) in [4.78, 5) is 12.6. The van der Waals surface area contributed by atoms with Crippen molar-refractivity contribution in [1.82, 2.24) is 15.1 Å². The minimum atomic E-state index is -0.203. The summed E-state index contributed by atoms with van der Waals surface area (Å²) in [6.45, 7) is 2.35. The fourth-order valence-corrected chi connectivity index (χ4v) is 3.37. The number of aromatic nitrogens is 2. The third-order valence-corrected chi connectivity index (χ3v) is 4.74. The zero-order chi connectivity index (χ0) is 19.4. The Morgan fingerprint density at radius 3 is 2.56 bits per heavy atom. The maximum Gasteiger partial charge on any atom is 0.221 e. The third kappa shape index (κ3) is 4.89. The standard InChI is InChI=1S/C21H22ClN3O2/c1-14-17(13-25(2)24-14)12-23-21(27)11-20(15-5-3-7-18(22)9-15)16-6-4-8-19(26)10-16/h3-10,13,20,26H,11-12H2,1-2H3,(H,23,27). The molecule has 0 spiro atoms. The van der Waals surface area contributed by atoms with Crippen LogP contribution in [0.25, 0.3) is 0 Å². The number of hydrogen-bond acceptors (Lipinski definition) is 3. The van der Waals surface area contributed by atoms with Gasteiger partial charge in [0.15, 0.2) is 0 Å². The number of rotatable bonds is 6. The van der Waals surface area contributed by atoms with Gasteiger partial charge in [0.1, 0.15) is 5.75 Å². The van der Waals surface area contributed by atoms with Gasteiger partial charge in [0.05, 0.1) is 5.69 Å². The first-order chi connectivity index (χ1) is 12.9. The molecule has 1 amide bonds. The molecule has 6 heteroatoms. The number of phenolic OH excluding ortho intramolecular Hbond substituents is 1. The molecular formula is C21H22ClN3O2. The van der Waals surface area contributed by atoms with Gasteiger partial charge in [0.2, 0.25) is 5.91 Å². The summed E-state index contributed by atoms with van der Waals surface area (Å²) in [6, 6.07) is 14.4. The Morgan fingerprint density at radius 1 is 1.22 bits per heavy atom. The molecule has 0 bridgehead atoms. The molecule has 1 aromatic heterocycles. The van der Waals surface area contributed by atoms with Crippen LogP contribution in [-0.4, -0.2) is 20.8 Å². The Balaban J connectivity index is 1.78. The molecule has 1 atom stereocenters. The average Bonchev–Trinajstić information content (AvgIpc) is 2.95. The number of carbonyl (C=O) groups is 1. The molecule has 0 saturated carbocycles. The Bertz CT molecular complexity index is 907. The fourth-order valence-electron chi connectivity index (χ4n) is 3.17. The van der Waals surface area contributed by atoms with Crippen LogP contribution in [0.15, 0.2) is 54.7 Å². The smallest absolute Gasteiger partial charge is 0.221 e. The normalized spacial score (nSPS) is 12.0. The molecule has 1 unspecified atom stereocenters. The summed E-state index contributed by atoms with van der Waals surface area (Å²) in [5.74, 6) is -0.108. The molecule has 0 aliphatic carbocycles. The minimum Gasteiger partial charge on any atom is -0.508 e. The van der Waals surface area contributed by atoms with E-state index in [1.807, 2.05) is 44.4 Å². The van der Waals surface area contributed by atoms with Gasteiger partial charge >= 0.3 is 0 Å². The van der Waals surface area contributed by atoms with E-state index in [-0.39, 0.29) is 24.0 Å². The van der Waals surface area contributed by atoms with Gasteiger partial charge in [-0.3, -0.25) is 9.48 Å². The summed E-state index contributed by atoms with van der Waals surface area (Å²) < 4.78 is 1.73. The van der Waals surface area contributed by atoms with Crippen LogP contribution in [0.2, 0.25) is 5.02 Å². The van der Waals surface area contributed by atoms with Crippen molar-refractivity contribution in [2.24, 2.45) is 7.05 Å². The summed E-state index contributed by atoms with van der Waals surface area (Å²) in [6.07, 6.45) is 2.16. The van der Waals surface area contributed by atoms with Gasteiger partial charge in [0, 0.05) is 42.7 Å². The van der Waals surface area contributed by atoms with Crippen molar-refractivity contribution in [2.75, 3.05) is 0 Å². The molecule has 0 aliphatic rings. The van der Waals surface area contributed by atoms with Crippen LogP contribution in [0.4, 0.5) is 0 Å². The number of carbonyl (C=O) groups excluding carboxylic acids is 1. The zero-order valence-corrected chi connectivity index (χ0v) is 16.1. The second-order valence-electron chi connectivity index (χ2n) is 6.60. The lowest BCUT2D eigenvalue weighted by Gasteiger charge is -2.18. The van der Waals surface area contributed by atoms with Crippen LogP contribution in [-0.2, 0) is 18.4 Å². The molecule has 27 heavy (non-hydrogen) atoms. The highest BCUT2D eigenvalue weighted by atomic mass is 35.5. The van der Waals surface area contributed by atoms with E-state index in [2.05, 4.69) is 10.4 Å². The van der Waals surface area contributed by atoms with Crippen molar-refractivity contribution in [2.45, 2.75) is 25.8 Å². The number of benzene rings is 2. The zero-order valence-electron chi connectivity index (χ0n) is 15.3. The number of nitrogens with one attached hydrogen (secondary N) is 1. The first kappa shape index (κ1) is 19.0. The average molecular weight is 384 g/mol. The van der Waals surface area contributed by atoms with E-state index in [9.17, 15) is 9.90 Å². The number of aromatic hydroxyl groups is 1. The molecule has 3 rings (SSSR count). The van der Waals surface area contributed by atoms with Gasteiger partial charge in [-0.15, -0.1) is 0 Å². The third-order valence-electron chi connectivity index (χ3n) is 4.50. The molecule has 0 saturated heterocycles. The molecule has 2 aromatic carbocycles. The van der Waals surface area contributed by atoms with E-state index in [4.69, 9.17) is 11.6 Å². The topological polar surface area (TPSA) is 67.2 Å². The minimum absolute atomic E-state index is 0.0772. The Labute approximate surface area is 163 Å². The van der Waals surface area contributed by atoms with Crippen LogP contribution in [0.1, 0.15) is 34.7 Å².